The Kier molecular flexibility index (Phi) is 5.98. The lowest BCUT2D eigenvalue weighted by Crippen LogP contribution is -2.21. The number of rotatable bonds is 5. The molecule has 0 aromatic heterocycles. The Morgan fingerprint density at radius 1 is 1.17 bits per heavy atom. The average molecular weight is 247 g/mol. The number of nitrogens with one attached hydrogen (secondary N) is 1. The molecule has 0 heterocycles. The Bertz CT molecular complexity index is 402. The van der Waals surface area contributed by atoms with Crippen LogP contribution in [0.4, 0.5) is 4.79 Å². The molecule has 0 aliphatic heterocycles. The van der Waals surface area contributed by atoms with Gasteiger partial charge in [0.05, 0.1) is 0 Å². The quantitative estimate of drug-likeness (QED) is 0.859. The van der Waals surface area contributed by atoms with Crippen molar-refractivity contribution in [2.45, 2.75) is 40.0 Å². The molecule has 3 heteroatoms. The van der Waals surface area contributed by atoms with Gasteiger partial charge in [-0.3, -0.25) is 5.32 Å². The number of amides is 1. The molecule has 1 amide bonds. The summed E-state index contributed by atoms with van der Waals surface area (Å²) < 4.78 is 5.24. The summed E-state index contributed by atoms with van der Waals surface area (Å²) in [5.74, 6) is 0.605. The monoisotopic (exact) mass is 247 g/mol. The molecule has 1 aromatic carbocycles. The summed E-state index contributed by atoms with van der Waals surface area (Å²) in [6, 6.07) is 5.95. The van der Waals surface area contributed by atoms with Crippen LogP contribution >= 0.6 is 0 Å². The first-order chi connectivity index (χ1) is 8.69. The van der Waals surface area contributed by atoms with Crippen molar-refractivity contribution >= 4 is 6.09 Å². The highest BCUT2D eigenvalue weighted by molar-refractivity contribution is 5.71. The number of hydrogen-bond donors (Lipinski definition) is 1. The molecule has 3 nitrogen and oxygen atoms in total. The van der Waals surface area contributed by atoms with Crippen molar-refractivity contribution in [3.8, 4) is 5.75 Å². The molecule has 0 bridgehead atoms. The molecule has 0 atom stereocenters. The van der Waals surface area contributed by atoms with Crippen molar-refractivity contribution in [3.63, 3.8) is 0 Å². The van der Waals surface area contributed by atoms with Gasteiger partial charge < -0.3 is 4.74 Å². The molecule has 0 unspecified atom stereocenters. The fourth-order valence-electron chi connectivity index (χ4n) is 1.58. The Morgan fingerprint density at radius 2 is 1.78 bits per heavy atom. The number of hydrogen-bond acceptors (Lipinski definition) is 2. The van der Waals surface area contributed by atoms with Crippen LogP contribution in [0.5, 0.6) is 5.75 Å². The van der Waals surface area contributed by atoms with Crippen LogP contribution in [0.1, 0.15) is 38.3 Å². The van der Waals surface area contributed by atoms with Gasteiger partial charge in [-0.25, -0.2) is 4.79 Å². The summed E-state index contributed by atoms with van der Waals surface area (Å²) in [5, 5.41) is 2.57. The van der Waals surface area contributed by atoms with E-state index in [2.05, 4.69) is 25.2 Å². The van der Waals surface area contributed by atoms with Gasteiger partial charge in [-0.1, -0.05) is 32.9 Å². The Labute approximate surface area is 109 Å². The largest absolute Gasteiger partial charge is 0.416 e. The van der Waals surface area contributed by atoms with Gasteiger partial charge in [-0.15, -0.1) is 0 Å². The second kappa shape index (κ2) is 7.54. The molecule has 0 radical (unpaired) electrons. The zero-order valence-corrected chi connectivity index (χ0v) is 11.3. The molecule has 0 saturated carbocycles. The lowest BCUT2D eigenvalue weighted by Gasteiger charge is -2.08. The minimum Gasteiger partial charge on any atom is -0.410 e. The van der Waals surface area contributed by atoms with Crippen molar-refractivity contribution in [2.24, 2.45) is 0 Å². The van der Waals surface area contributed by atoms with Gasteiger partial charge in [-0.2, -0.15) is 0 Å². The van der Waals surface area contributed by atoms with E-state index in [1.54, 1.807) is 6.20 Å². The standard InChI is InChI=1S/C15H21NO2/c1-4-7-8-16-15(17)18-14-10-12(5-2)9-13(6-3)11-14/h7-11H,4-6H2,1-3H3,(H,16,17). The third-order valence-corrected chi connectivity index (χ3v) is 2.61. The van der Waals surface area contributed by atoms with Crippen LogP contribution in [0, 0.1) is 0 Å². The smallest absolute Gasteiger partial charge is 0.410 e. The minimum absolute atomic E-state index is 0.449. The van der Waals surface area contributed by atoms with E-state index in [1.807, 2.05) is 25.1 Å². The highest BCUT2D eigenvalue weighted by Crippen LogP contribution is 2.18. The molecule has 1 rings (SSSR count). The predicted molar refractivity (Wildman–Crippen MR) is 73.8 cm³/mol. The molecule has 1 N–H and O–H groups in total. The number of allylic oxidation sites excluding steroid dienone is 1. The van der Waals surface area contributed by atoms with Crippen molar-refractivity contribution in [1.29, 1.82) is 0 Å². The number of benzene rings is 1. The van der Waals surface area contributed by atoms with E-state index in [4.69, 9.17) is 4.74 Å². The van der Waals surface area contributed by atoms with Crippen molar-refractivity contribution in [3.05, 3.63) is 41.6 Å². The van der Waals surface area contributed by atoms with Crippen LogP contribution in [0.25, 0.3) is 0 Å². The first-order valence-corrected chi connectivity index (χ1v) is 6.45. The number of carbonyl (C=O) groups is 1. The number of aryl methyl sites for hydroxylation is 2. The molecular formula is C15H21NO2. The van der Waals surface area contributed by atoms with Crippen molar-refractivity contribution in [1.82, 2.24) is 5.32 Å². The summed E-state index contributed by atoms with van der Waals surface area (Å²) in [6.07, 6.45) is 5.76. The second-order valence-electron chi connectivity index (χ2n) is 4.04. The molecule has 0 aliphatic carbocycles. The van der Waals surface area contributed by atoms with E-state index in [0.29, 0.717) is 5.75 Å². The zero-order valence-electron chi connectivity index (χ0n) is 11.3. The highest BCUT2D eigenvalue weighted by atomic mass is 16.5. The number of carbonyl (C=O) groups excluding carboxylic acids is 1. The van der Waals surface area contributed by atoms with Crippen molar-refractivity contribution < 1.29 is 9.53 Å². The maximum Gasteiger partial charge on any atom is 0.416 e. The van der Waals surface area contributed by atoms with E-state index >= 15 is 0 Å². The normalized spacial score (nSPS) is 10.6. The lowest BCUT2D eigenvalue weighted by molar-refractivity contribution is 0.204. The summed E-state index contributed by atoms with van der Waals surface area (Å²) in [6.45, 7) is 6.17. The van der Waals surface area contributed by atoms with Gasteiger partial charge >= 0.3 is 6.09 Å². The summed E-state index contributed by atoms with van der Waals surface area (Å²) in [4.78, 5) is 11.5. The molecule has 0 aliphatic rings. The van der Waals surface area contributed by atoms with Crippen LogP contribution in [0.15, 0.2) is 30.5 Å². The van der Waals surface area contributed by atoms with Gasteiger partial charge in [0.25, 0.3) is 0 Å². The van der Waals surface area contributed by atoms with E-state index < -0.39 is 6.09 Å². The third kappa shape index (κ3) is 4.62. The Morgan fingerprint density at radius 3 is 2.28 bits per heavy atom. The Hall–Kier alpha value is -1.77. The summed E-state index contributed by atoms with van der Waals surface area (Å²) >= 11 is 0. The summed E-state index contributed by atoms with van der Waals surface area (Å²) in [7, 11) is 0. The van der Waals surface area contributed by atoms with Crippen LogP contribution in [-0.2, 0) is 12.8 Å². The molecule has 98 valence electrons. The van der Waals surface area contributed by atoms with Crippen LogP contribution in [0.3, 0.4) is 0 Å². The molecule has 0 fully saturated rings. The topological polar surface area (TPSA) is 38.3 Å². The highest BCUT2D eigenvalue weighted by Gasteiger charge is 2.04. The van der Waals surface area contributed by atoms with Crippen LogP contribution in [-0.4, -0.2) is 6.09 Å². The van der Waals surface area contributed by atoms with Crippen molar-refractivity contribution in [2.75, 3.05) is 0 Å². The van der Waals surface area contributed by atoms with Gasteiger partial charge in [-0.05, 0) is 42.5 Å². The van der Waals surface area contributed by atoms with Crippen LogP contribution < -0.4 is 10.1 Å². The fraction of sp³-hybridized carbons (Fsp3) is 0.400. The van der Waals surface area contributed by atoms with Crippen LogP contribution in [0.2, 0.25) is 0 Å². The minimum atomic E-state index is -0.449. The molecule has 1 aromatic rings. The fourth-order valence-corrected chi connectivity index (χ4v) is 1.58. The zero-order chi connectivity index (χ0) is 13.4. The van der Waals surface area contributed by atoms with Gasteiger partial charge in [0.15, 0.2) is 0 Å². The maximum atomic E-state index is 11.5. The second-order valence-corrected chi connectivity index (χ2v) is 4.04. The van der Waals surface area contributed by atoms with E-state index in [9.17, 15) is 4.79 Å². The SMILES string of the molecule is CCC=CNC(=O)Oc1cc(CC)cc(CC)c1. The predicted octanol–water partition coefficient (Wildman–Crippen LogP) is 3.82. The number of ether oxygens (including phenoxy) is 1. The van der Waals surface area contributed by atoms with E-state index in [0.717, 1.165) is 19.3 Å². The van der Waals surface area contributed by atoms with Gasteiger partial charge in [0, 0.05) is 6.20 Å². The third-order valence-electron chi connectivity index (χ3n) is 2.61. The molecule has 0 spiro atoms. The first-order valence-electron chi connectivity index (χ1n) is 6.45. The molecular weight excluding hydrogens is 226 g/mol. The average Bonchev–Trinajstić information content (AvgIpc) is 2.38. The maximum absolute atomic E-state index is 11.5. The van der Waals surface area contributed by atoms with E-state index in [-0.39, 0.29) is 0 Å². The van der Waals surface area contributed by atoms with E-state index in [1.165, 1.54) is 11.1 Å². The van der Waals surface area contributed by atoms with Gasteiger partial charge in [0.1, 0.15) is 5.75 Å². The summed E-state index contributed by atoms with van der Waals surface area (Å²) in [5.41, 5.74) is 2.36. The molecule has 0 saturated heterocycles. The first kappa shape index (κ1) is 14.3. The Balaban J connectivity index is 2.71. The van der Waals surface area contributed by atoms with Gasteiger partial charge in [0.2, 0.25) is 0 Å². The lowest BCUT2D eigenvalue weighted by atomic mass is 10.1. The molecule has 18 heavy (non-hydrogen) atoms.